The Kier molecular flexibility index (Phi) is 5.39. The van der Waals surface area contributed by atoms with Gasteiger partial charge in [0.1, 0.15) is 5.69 Å². The van der Waals surface area contributed by atoms with E-state index in [1.807, 2.05) is 65.7 Å². The van der Waals surface area contributed by atoms with Crippen molar-refractivity contribution in [3.63, 3.8) is 0 Å². The molecule has 4 heteroatoms. The van der Waals surface area contributed by atoms with Gasteiger partial charge in [-0.15, -0.1) is 11.3 Å². The van der Waals surface area contributed by atoms with E-state index in [4.69, 9.17) is 0 Å². The van der Waals surface area contributed by atoms with E-state index in [0.29, 0.717) is 18.8 Å². The summed E-state index contributed by atoms with van der Waals surface area (Å²) in [5.41, 5.74) is 2.89. The van der Waals surface area contributed by atoms with Crippen molar-refractivity contribution in [3.05, 3.63) is 87.9 Å². The highest BCUT2D eigenvalue weighted by atomic mass is 32.1. The van der Waals surface area contributed by atoms with Crippen LogP contribution >= 0.6 is 11.3 Å². The Hall–Kier alpha value is -2.46. The summed E-state index contributed by atoms with van der Waals surface area (Å²) in [5.74, 6) is -0.00286. The summed E-state index contributed by atoms with van der Waals surface area (Å²) in [6, 6.07) is 20.3. The summed E-state index contributed by atoms with van der Waals surface area (Å²) in [7, 11) is 0. The lowest BCUT2D eigenvalue weighted by Crippen LogP contribution is -2.30. The highest BCUT2D eigenvalue weighted by molar-refractivity contribution is 7.09. The van der Waals surface area contributed by atoms with E-state index in [1.165, 1.54) is 5.56 Å². The first kappa shape index (κ1) is 16.4. The molecule has 1 amide bonds. The lowest BCUT2D eigenvalue weighted by atomic mass is 10.2. The summed E-state index contributed by atoms with van der Waals surface area (Å²) < 4.78 is 0. The van der Waals surface area contributed by atoms with Gasteiger partial charge in [-0.1, -0.05) is 60.7 Å². The maximum absolute atomic E-state index is 12.7. The number of thiazole rings is 1. The minimum absolute atomic E-state index is 0.00286. The number of rotatable bonds is 6. The van der Waals surface area contributed by atoms with Crippen LogP contribution in [0.15, 0.2) is 66.0 Å². The zero-order valence-electron chi connectivity index (χ0n) is 13.7. The van der Waals surface area contributed by atoms with Crippen molar-refractivity contribution in [2.75, 3.05) is 6.54 Å². The summed E-state index contributed by atoms with van der Waals surface area (Å²) in [6.45, 7) is 3.28. The van der Waals surface area contributed by atoms with Gasteiger partial charge in [-0.25, -0.2) is 4.98 Å². The maximum Gasteiger partial charge on any atom is 0.273 e. The van der Waals surface area contributed by atoms with Crippen molar-refractivity contribution < 1.29 is 4.79 Å². The number of hydrogen-bond donors (Lipinski definition) is 0. The van der Waals surface area contributed by atoms with Crippen molar-refractivity contribution >= 4 is 17.2 Å². The summed E-state index contributed by atoms with van der Waals surface area (Å²) in [4.78, 5) is 19.1. The molecule has 0 N–H and O–H groups in total. The Morgan fingerprint density at radius 3 is 2.25 bits per heavy atom. The predicted molar refractivity (Wildman–Crippen MR) is 98.2 cm³/mol. The number of hydrogen-bond acceptors (Lipinski definition) is 3. The van der Waals surface area contributed by atoms with Gasteiger partial charge in [0.25, 0.3) is 5.91 Å². The summed E-state index contributed by atoms with van der Waals surface area (Å²) in [5, 5.41) is 2.84. The molecule has 0 saturated heterocycles. The molecule has 0 aliphatic heterocycles. The van der Waals surface area contributed by atoms with Gasteiger partial charge in [-0.2, -0.15) is 0 Å². The van der Waals surface area contributed by atoms with Crippen LogP contribution < -0.4 is 0 Å². The minimum Gasteiger partial charge on any atom is -0.333 e. The monoisotopic (exact) mass is 336 g/mol. The summed E-state index contributed by atoms with van der Waals surface area (Å²) >= 11 is 1.55. The van der Waals surface area contributed by atoms with E-state index >= 15 is 0 Å². The molecule has 0 spiro atoms. The number of amides is 1. The number of benzene rings is 2. The number of carbonyl (C=O) groups is 1. The molecule has 3 aromatic rings. The molecule has 1 heterocycles. The molecule has 1 aromatic heterocycles. The van der Waals surface area contributed by atoms with Gasteiger partial charge in [0.15, 0.2) is 0 Å². The van der Waals surface area contributed by atoms with Crippen LogP contribution in [0.25, 0.3) is 0 Å². The van der Waals surface area contributed by atoms with Gasteiger partial charge in [0, 0.05) is 24.9 Å². The average Bonchev–Trinajstić information content (AvgIpc) is 3.09. The largest absolute Gasteiger partial charge is 0.333 e. The van der Waals surface area contributed by atoms with Crippen LogP contribution in [0.2, 0.25) is 0 Å². The normalized spacial score (nSPS) is 10.5. The molecule has 2 aromatic carbocycles. The number of carbonyl (C=O) groups excluding carboxylic acids is 1. The minimum atomic E-state index is -0.00286. The first-order chi connectivity index (χ1) is 11.8. The second-order valence-electron chi connectivity index (χ2n) is 5.59. The van der Waals surface area contributed by atoms with E-state index < -0.39 is 0 Å². The number of nitrogens with zero attached hydrogens (tertiary/aromatic N) is 2. The molecule has 24 heavy (non-hydrogen) atoms. The Morgan fingerprint density at radius 1 is 1.00 bits per heavy atom. The fourth-order valence-electron chi connectivity index (χ4n) is 2.55. The SMILES string of the molecule is CCN(Cc1ccccc1)C(=O)c1csc(Cc2ccccc2)n1. The van der Waals surface area contributed by atoms with Crippen LogP contribution in [0.3, 0.4) is 0 Å². The van der Waals surface area contributed by atoms with Crippen LogP contribution in [0.5, 0.6) is 0 Å². The molecule has 0 radical (unpaired) electrons. The fourth-order valence-corrected chi connectivity index (χ4v) is 3.36. The van der Waals surface area contributed by atoms with Crippen molar-refractivity contribution in [3.8, 4) is 0 Å². The molecule has 0 saturated carbocycles. The third-order valence-corrected chi connectivity index (χ3v) is 4.70. The van der Waals surface area contributed by atoms with Gasteiger partial charge >= 0.3 is 0 Å². The highest BCUT2D eigenvalue weighted by Crippen LogP contribution is 2.17. The molecule has 3 rings (SSSR count). The highest BCUT2D eigenvalue weighted by Gasteiger charge is 2.17. The standard InChI is InChI=1S/C20H20N2OS/c1-2-22(14-17-11-7-4-8-12-17)20(23)18-15-24-19(21-18)13-16-9-5-3-6-10-16/h3-12,15H,2,13-14H2,1H3. The van der Waals surface area contributed by atoms with Crippen LogP contribution in [-0.4, -0.2) is 22.3 Å². The van der Waals surface area contributed by atoms with Crippen molar-refractivity contribution in [1.82, 2.24) is 9.88 Å². The number of aromatic nitrogens is 1. The van der Waals surface area contributed by atoms with Gasteiger partial charge in [-0.05, 0) is 18.1 Å². The van der Waals surface area contributed by atoms with Gasteiger partial charge < -0.3 is 4.90 Å². The molecule has 3 nitrogen and oxygen atoms in total. The van der Waals surface area contributed by atoms with Crippen molar-refractivity contribution in [2.45, 2.75) is 19.9 Å². The Labute approximate surface area is 146 Å². The third kappa shape index (κ3) is 4.09. The molecule has 0 fully saturated rings. The van der Waals surface area contributed by atoms with Gasteiger partial charge in [0.2, 0.25) is 0 Å². The zero-order valence-corrected chi connectivity index (χ0v) is 14.5. The third-order valence-electron chi connectivity index (χ3n) is 3.85. The Balaban J connectivity index is 1.70. The lowest BCUT2D eigenvalue weighted by molar-refractivity contribution is 0.0747. The molecular weight excluding hydrogens is 316 g/mol. The van der Waals surface area contributed by atoms with E-state index in [0.717, 1.165) is 17.0 Å². The molecule has 0 aliphatic rings. The molecular formula is C20H20N2OS. The maximum atomic E-state index is 12.7. The predicted octanol–water partition coefficient (Wildman–Crippen LogP) is 4.40. The van der Waals surface area contributed by atoms with Crippen molar-refractivity contribution in [1.29, 1.82) is 0 Å². The van der Waals surface area contributed by atoms with E-state index in [-0.39, 0.29) is 5.91 Å². The molecule has 0 aliphatic carbocycles. The smallest absolute Gasteiger partial charge is 0.273 e. The van der Waals surface area contributed by atoms with Crippen LogP contribution in [-0.2, 0) is 13.0 Å². The molecule has 122 valence electrons. The average molecular weight is 336 g/mol. The topological polar surface area (TPSA) is 33.2 Å². The zero-order chi connectivity index (χ0) is 16.8. The van der Waals surface area contributed by atoms with Crippen LogP contribution in [0.1, 0.15) is 33.5 Å². The van der Waals surface area contributed by atoms with E-state index in [2.05, 4.69) is 17.1 Å². The molecule has 0 unspecified atom stereocenters. The van der Waals surface area contributed by atoms with E-state index in [1.54, 1.807) is 11.3 Å². The Morgan fingerprint density at radius 2 is 1.62 bits per heavy atom. The molecule has 0 atom stereocenters. The van der Waals surface area contributed by atoms with E-state index in [9.17, 15) is 4.79 Å². The summed E-state index contributed by atoms with van der Waals surface area (Å²) in [6.07, 6.45) is 0.767. The quantitative estimate of drug-likeness (QED) is 0.668. The second kappa shape index (κ2) is 7.88. The van der Waals surface area contributed by atoms with Gasteiger partial charge in [0.05, 0.1) is 5.01 Å². The fraction of sp³-hybridized carbons (Fsp3) is 0.200. The first-order valence-electron chi connectivity index (χ1n) is 8.08. The first-order valence-corrected chi connectivity index (χ1v) is 8.95. The van der Waals surface area contributed by atoms with Crippen molar-refractivity contribution in [2.24, 2.45) is 0 Å². The van der Waals surface area contributed by atoms with Gasteiger partial charge in [-0.3, -0.25) is 4.79 Å². The molecule has 0 bridgehead atoms. The lowest BCUT2D eigenvalue weighted by Gasteiger charge is -2.19. The van der Waals surface area contributed by atoms with Crippen LogP contribution in [0, 0.1) is 0 Å². The Bertz CT molecular complexity index is 784. The second-order valence-corrected chi connectivity index (χ2v) is 6.54. The van der Waals surface area contributed by atoms with Crippen LogP contribution in [0.4, 0.5) is 0 Å².